The highest BCUT2D eigenvalue weighted by molar-refractivity contribution is 7.89. The van der Waals surface area contributed by atoms with Crippen LogP contribution in [0.4, 0.5) is 0 Å². The standard InChI is InChI=1S/C16H22N2O5S2/c1-11(12-4-5-12)17-14(19)10-23-16(20)15-13(6-9-24-15)25(21,22)18-7-2-3-8-18/h6,9,11-12H,2-5,7-8,10H2,1H3,(H,17,19). The summed E-state index contributed by atoms with van der Waals surface area (Å²) in [5.74, 6) is -0.635. The van der Waals surface area contributed by atoms with Crippen molar-refractivity contribution in [3.8, 4) is 0 Å². The first kappa shape index (κ1) is 18.3. The Balaban J connectivity index is 1.61. The Bertz CT molecular complexity index is 748. The SMILES string of the molecule is CC(NC(=O)COC(=O)c1sccc1S(=O)(=O)N1CCCC1)C1CC1. The van der Waals surface area contributed by atoms with Gasteiger partial charge in [-0.25, -0.2) is 13.2 Å². The number of esters is 1. The Hall–Kier alpha value is -1.45. The van der Waals surface area contributed by atoms with E-state index in [0.29, 0.717) is 19.0 Å². The van der Waals surface area contributed by atoms with Gasteiger partial charge in [-0.05, 0) is 50.0 Å². The third-order valence-corrected chi connectivity index (χ3v) is 7.51. The molecule has 1 aliphatic heterocycles. The fourth-order valence-electron chi connectivity index (χ4n) is 2.92. The zero-order chi connectivity index (χ0) is 18.0. The molecule has 138 valence electrons. The van der Waals surface area contributed by atoms with Gasteiger partial charge in [0, 0.05) is 19.1 Å². The number of hydrogen-bond donors (Lipinski definition) is 1. The Morgan fingerprint density at radius 1 is 1.36 bits per heavy atom. The maximum absolute atomic E-state index is 12.6. The van der Waals surface area contributed by atoms with E-state index in [9.17, 15) is 18.0 Å². The maximum atomic E-state index is 12.6. The number of amides is 1. The third-order valence-electron chi connectivity index (χ3n) is 4.55. The van der Waals surface area contributed by atoms with E-state index in [0.717, 1.165) is 37.0 Å². The number of sulfonamides is 1. The summed E-state index contributed by atoms with van der Waals surface area (Å²) in [6, 6.07) is 1.49. The van der Waals surface area contributed by atoms with Gasteiger partial charge in [0.1, 0.15) is 9.77 Å². The molecule has 1 aromatic rings. The molecule has 0 spiro atoms. The normalized spacial score (nSPS) is 19.6. The highest BCUT2D eigenvalue weighted by atomic mass is 32.2. The highest BCUT2D eigenvalue weighted by Gasteiger charge is 2.33. The van der Waals surface area contributed by atoms with Crippen LogP contribution in [0.15, 0.2) is 16.3 Å². The van der Waals surface area contributed by atoms with E-state index in [2.05, 4.69) is 5.32 Å². The van der Waals surface area contributed by atoms with Crippen molar-refractivity contribution in [1.29, 1.82) is 0 Å². The van der Waals surface area contributed by atoms with Gasteiger partial charge in [0.25, 0.3) is 5.91 Å². The average Bonchev–Trinajstić information content (AvgIpc) is 3.07. The topological polar surface area (TPSA) is 92.8 Å². The van der Waals surface area contributed by atoms with Crippen molar-refractivity contribution in [3.05, 3.63) is 16.3 Å². The molecule has 1 aromatic heterocycles. The van der Waals surface area contributed by atoms with E-state index < -0.39 is 22.6 Å². The fraction of sp³-hybridized carbons (Fsp3) is 0.625. The maximum Gasteiger partial charge on any atom is 0.350 e. The summed E-state index contributed by atoms with van der Waals surface area (Å²) in [5.41, 5.74) is 0. The number of rotatable bonds is 7. The molecule has 1 saturated carbocycles. The summed E-state index contributed by atoms with van der Waals surface area (Å²) in [4.78, 5) is 24.1. The summed E-state index contributed by atoms with van der Waals surface area (Å²) in [7, 11) is -3.69. The summed E-state index contributed by atoms with van der Waals surface area (Å²) in [5, 5.41) is 4.34. The van der Waals surface area contributed by atoms with Gasteiger partial charge in [0.2, 0.25) is 10.0 Å². The van der Waals surface area contributed by atoms with Gasteiger partial charge in [-0.1, -0.05) is 0 Å². The second-order valence-electron chi connectivity index (χ2n) is 6.49. The molecule has 7 nitrogen and oxygen atoms in total. The van der Waals surface area contributed by atoms with Gasteiger partial charge in [-0.15, -0.1) is 11.3 Å². The van der Waals surface area contributed by atoms with Crippen molar-refractivity contribution in [3.63, 3.8) is 0 Å². The van der Waals surface area contributed by atoms with Crippen LogP contribution in [-0.4, -0.2) is 50.3 Å². The molecule has 2 aliphatic rings. The van der Waals surface area contributed by atoms with Crippen LogP contribution >= 0.6 is 11.3 Å². The molecular weight excluding hydrogens is 364 g/mol. The second-order valence-corrected chi connectivity index (χ2v) is 9.32. The van der Waals surface area contributed by atoms with E-state index in [-0.39, 0.29) is 21.7 Å². The molecular formula is C16H22N2O5S2. The minimum atomic E-state index is -3.69. The number of carbonyl (C=O) groups is 2. The molecule has 0 radical (unpaired) electrons. The molecule has 0 aromatic carbocycles. The van der Waals surface area contributed by atoms with Gasteiger partial charge in [0.15, 0.2) is 6.61 Å². The van der Waals surface area contributed by atoms with Crippen molar-refractivity contribution in [2.45, 2.75) is 43.5 Å². The molecule has 9 heteroatoms. The highest BCUT2D eigenvalue weighted by Crippen LogP contribution is 2.32. The van der Waals surface area contributed by atoms with Crippen LogP contribution in [0.25, 0.3) is 0 Å². The molecule has 2 heterocycles. The smallest absolute Gasteiger partial charge is 0.350 e. The molecule has 0 bridgehead atoms. The van der Waals surface area contributed by atoms with Gasteiger partial charge >= 0.3 is 5.97 Å². The Kier molecular flexibility index (Phi) is 5.45. The Morgan fingerprint density at radius 2 is 2.04 bits per heavy atom. The van der Waals surface area contributed by atoms with Crippen molar-refractivity contribution in [1.82, 2.24) is 9.62 Å². The van der Waals surface area contributed by atoms with Crippen LogP contribution < -0.4 is 5.32 Å². The van der Waals surface area contributed by atoms with E-state index in [1.54, 1.807) is 5.38 Å². The minimum Gasteiger partial charge on any atom is -0.451 e. The summed E-state index contributed by atoms with van der Waals surface area (Å²) >= 11 is 1.01. The molecule has 1 amide bonds. The number of hydrogen-bond acceptors (Lipinski definition) is 6. The van der Waals surface area contributed by atoms with Gasteiger partial charge in [-0.2, -0.15) is 4.31 Å². The minimum absolute atomic E-state index is 0.0231. The lowest BCUT2D eigenvalue weighted by Crippen LogP contribution is -2.37. The van der Waals surface area contributed by atoms with Crippen LogP contribution in [0.5, 0.6) is 0 Å². The van der Waals surface area contributed by atoms with Crippen LogP contribution in [-0.2, 0) is 19.6 Å². The number of ether oxygens (including phenoxy) is 1. The van der Waals surface area contributed by atoms with Crippen LogP contribution in [0.2, 0.25) is 0 Å². The molecule has 3 rings (SSSR count). The molecule has 1 aliphatic carbocycles. The predicted octanol–water partition coefficient (Wildman–Crippen LogP) is 1.60. The van der Waals surface area contributed by atoms with Crippen molar-refractivity contribution in [2.75, 3.05) is 19.7 Å². The number of carbonyl (C=O) groups excluding carboxylic acids is 2. The third kappa shape index (κ3) is 4.21. The van der Waals surface area contributed by atoms with Crippen LogP contribution in [0.1, 0.15) is 42.3 Å². The fourth-order valence-corrected chi connectivity index (χ4v) is 5.72. The molecule has 1 unspecified atom stereocenters. The lowest BCUT2D eigenvalue weighted by molar-refractivity contribution is -0.124. The van der Waals surface area contributed by atoms with E-state index in [1.807, 2.05) is 6.92 Å². The lowest BCUT2D eigenvalue weighted by atomic mass is 10.2. The number of nitrogens with one attached hydrogen (secondary N) is 1. The zero-order valence-electron chi connectivity index (χ0n) is 14.1. The first-order chi connectivity index (χ1) is 11.9. The quantitative estimate of drug-likeness (QED) is 0.719. The van der Waals surface area contributed by atoms with Crippen molar-refractivity contribution in [2.24, 2.45) is 5.92 Å². The summed E-state index contributed by atoms with van der Waals surface area (Å²) in [6.45, 7) is 2.45. The molecule has 1 atom stereocenters. The molecule has 25 heavy (non-hydrogen) atoms. The van der Waals surface area contributed by atoms with Crippen molar-refractivity contribution >= 4 is 33.2 Å². The summed E-state index contributed by atoms with van der Waals surface area (Å²) < 4.78 is 31.7. The van der Waals surface area contributed by atoms with Gasteiger partial charge < -0.3 is 10.1 Å². The van der Waals surface area contributed by atoms with E-state index >= 15 is 0 Å². The van der Waals surface area contributed by atoms with Gasteiger partial charge in [0.05, 0.1) is 0 Å². The first-order valence-corrected chi connectivity index (χ1v) is 10.8. The van der Waals surface area contributed by atoms with Crippen molar-refractivity contribution < 1.29 is 22.7 Å². The lowest BCUT2D eigenvalue weighted by Gasteiger charge is -2.15. The number of nitrogens with zero attached hydrogens (tertiary/aromatic N) is 1. The molecule has 2 fully saturated rings. The van der Waals surface area contributed by atoms with Crippen LogP contribution in [0.3, 0.4) is 0 Å². The van der Waals surface area contributed by atoms with E-state index in [1.165, 1.54) is 10.4 Å². The molecule has 1 N–H and O–H groups in total. The average molecular weight is 386 g/mol. The first-order valence-electron chi connectivity index (χ1n) is 8.43. The van der Waals surface area contributed by atoms with Crippen LogP contribution in [0, 0.1) is 5.92 Å². The predicted molar refractivity (Wildman–Crippen MR) is 92.9 cm³/mol. The second kappa shape index (κ2) is 7.43. The van der Waals surface area contributed by atoms with Gasteiger partial charge in [-0.3, -0.25) is 4.79 Å². The molecule has 1 saturated heterocycles. The summed E-state index contributed by atoms with van der Waals surface area (Å²) in [6.07, 6.45) is 3.85. The monoisotopic (exact) mass is 386 g/mol. The van der Waals surface area contributed by atoms with E-state index in [4.69, 9.17) is 4.74 Å². The Morgan fingerprint density at radius 3 is 2.68 bits per heavy atom. The Labute approximate surface area is 151 Å². The largest absolute Gasteiger partial charge is 0.451 e. The number of thiophene rings is 1. The zero-order valence-corrected chi connectivity index (χ0v) is 15.7.